The Balaban J connectivity index is 2.15. The lowest BCUT2D eigenvalue weighted by atomic mass is 10.0. The number of carbonyl (C=O) groups excluding carboxylic acids is 1. The van der Waals surface area contributed by atoms with Crippen LogP contribution in [0.5, 0.6) is 5.75 Å². The molecule has 0 amide bonds. The zero-order valence-corrected chi connectivity index (χ0v) is 10.2. The van der Waals surface area contributed by atoms with E-state index in [2.05, 4.69) is 10.1 Å². The largest absolute Gasteiger partial charge is 0.506 e. The van der Waals surface area contributed by atoms with Crippen molar-refractivity contribution in [1.82, 2.24) is 14.8 Å². The maximum atomic E-state index is 12.3. The Bertz CT molecular complexity index is 763. The molecule has 0 saturated heterocycles. The molecule has 0 aliphatic carbocycles. The molecule has 5 heteroatoms. The molecule has 1 N–H and O–H groups in total. The lowest BCUT2D eigenvalue weighted by Crippen LogP contribution is -2.02. The van der Waals surface area contributed by atoms with E-state index in [9.17, 15) is 9.90 Å². The molecule has 3 rings (SSSR count). The number of benzene rings is 1. The van der Waals surface area contributed by atoms with Crippen molar-refractivity contribution in [3.63, 3.8) is 0 Å². The average Bonchev–Trinajstić information content (AvgIpc) is 2.81. The molecule has 19 heavy (non-hydrogen) atoms. The second kappa shape index (κ2) is 4.20. The van der Waals surface area contributed by atoms with E-state index < -0.39 is 0 Å². The van der Waals surface area contributed by atoms with E-state index in [1.807, 2.05) is 6.07 Å². The molecule has 2 heterocycles. The molecule has 0 spiro atoms. The Hall–Kier alpha value is -2.69. The second-order valence-corrected chi connectivity index (χ2v) is 4.26. The number of rotatable bonds is 2. The molecule has 0 atom stereocenters. The topological polar surface area (TPSA) is 68.0 Å². The zero-order chi connectivity index (χ0) is 13.4. The number of aromatic nitrogens is 3. The van der Waals surface area contributed by atoms with Gasteiger partial charge in [-0.25, -0.2) is 4.98 Å². The van der Waals surface area contributed by atoms with Crippen LogP contribution in [0.25, 0.3) is 11.0 Å². The van der Waals surface area contributed by atoms with Gasteiger partial charge >= 0.3 is 0 Å². The van der Waals surface area contributed by atoms with Crippen LogP contribution >= 0.6 is 0 Å². The predicted molar refractivity (Wildman–Crippen MR) is 70.0 cm³/mol. The summed E-state index contributed by atoms with van der Waals surface area (Å²) in [7, 11) is 1.74. The van der Waals surface area contributed by atoms with E-state index in [4.69, 9.17) is 0 Å². The molecule has 5 nitrogen and oxygen atoms in total. The number of carbonyl (C=O) groups is 1. The average molecular weight is 253 g/mol. The summed E-state index contributed by atoms with van der Waals surface area (Å²) >= 11 is 0. The first-order valence-electron chi connectivity index (χ1n) is 5.78. The highest BCUT2D eigenvalue weighted by molar-refractivity contribution is 6.12. The van der Waals surface area contributed by atoms with Crippen LogP contribution in [0.1, 0.15) is 15.9 Å². The van der Waals surface area contributed by atoms with Gasteiger partial charge in [-0.3, -0.25) is 9.48 Å². The van der Waals surface area contributed by atoms with E-state index in [-0.39, 0.29) is 17.1 Å². The first kappa shape index (κ1) is 11.4. The number of fused-ring (bicyclic) bond motifs is 1. The molecule has 94 valence electrons. The molecule has 0 fully saturated rings. The molecule has 0 bridgehead atoms. The van der Waals surface area contributed by atoms with Gasteiger partial charge in [0.1, 0.15) is 5.75 Å². The minimum Gasteiger partial charge on any atom is -0.506 e. The summed E-state index contributed by atoms with van der Waals surface area (Å²) in [5.74, 6) is -0.330. The van der Waals surface area contributed by atoms with Crippen LogP contribution in [0, 0.1) is 0 Å². The monoisotopic (exact) mass is 253 g/mol. The van der Waals surface area contributed by atoms with Crippen LogP contribution in [0.2, 0.25) is 0 Å². The van der Waals surface area contributed by atoms with Crippen LogP contribution < -0.4 is 0 Å². The number of nitrogens with zero attached hydrogens (tertiary/aromatic N) is 3. The molecule has 0 saturated carbocycles. The molecule has 0 aliphatic heterocycles. The van der Waals surface area contributed by atoms with Gasteiger partial charge < -0.3 is 5.11 Å². The first-order chi connectivity index (χ1) is 9.16. The quantitative estimate of drug-likeness (QED) is 0.708. The van der Waals surface area contributed by atoms with Gasteiger partial charge in [0.05, 0.1) is 10.9 Å². The maximum absolute atomic E-state index is 12.3. The highest BCUT2D eigenvalue weighted by atomic mass is 16.3. The highest BCUT2D eigenvalue weighted by Gasteiger charge is 2.17. The van der Waals surface area contributed by atoms with E-state index in [0.717, 1.165) is 0 Å². The van der Waals surface area contributed by atoms with E-state index in [0.29, 0.717) is 16.6 Å². The minimum atomic E-state index is -0.253. The van der Waals surface area contributed by atoms with Gasteiger partial charge in [-0.1, -0.05) is 30.3 Å². The molecule has 3 aromatic rings. The summed E-state index contributed by atoms with van der Waals surface area (Å²) in [5, 5.41) is 14.7. The van der Waals surface area contributed by atoms with E-state index in [1.165, 1.54) is 6.20 Å². The number of aromatic hydroxyl groups is 1. The van der Waals surface area contributed by atoms with Gasteiger partial charge in [0.2, 0.25) is 0 Å². The Morgan fingerprint density at radius 1 is 1.26 bits per heavy atom. The lowest BCUT2D eigenvalue weighted by molar-refractivity contribution is 0.103. The number of pyridine rings is 1. The normalized spacial score (nSPS) is 10.8. The number of hydrogen-bond donors (Lipinski definition) is 1. The Labute approximate surface area is 109 Å². The first-order valence-corrected chi connectivity index (χ1v) is 5.78. The second-order valence-electron chi connectivity index (χ2n) is 4.26. The van der Waals surface area contributed by atoms with Gasteiger partial charge in [-0.05, 0) is 0 Å². The van der Waals surface area contributed by atoms with Crippen molar-refractivity contribution >= 4 is 16.8 Å². The molecule has 0 radical (unpaired) electrons. The van der Waals surface area contributed by atoms with E-state index >= 15 is 0 Å². The van der Waals surface area contributed by atoms with Crippen molar-refractivity contribution in [1.29, 1.82) is 0 Å². The fourth-order valence-electron chi connectivity index (χ4n) is 1.98. The molecule has 1 aromatic carbocycles. The van der Waals surface area contributed by atoms with Crippen LogP contribution in [0.4, 0.5) is 0 Å². The van der Waals surface area contributed by atoms with Crippen molar-refractivity contribution in [2.24, 2.45) is 7.05 Å². The SMILES string of the molecule is Cn1cc2c(O)c(C(=O)c3ccccc3)cnc2n1. The number of aryl methyl sites for hydroxylation is 1. The smallest absolute Gasteiger partial charge is 0.198 e. The van der Waals surface area contributed by atoms with Crippen LogP contribution in [-0.2, 0) is 7.05 Å². The van der Waals surface area contributed by atoms with Gasteiger partial charge in [-0.2, -0.15) is 5.10 Å². The van der Waals surface area contributed by atoms with Crippen molar-refractivity contribution < 1.29 is 9.90 Å². The fraction of sp³-hybridized carbons (Fsp3) is 0.0714. The van der Waals surface area contributed by atoms with Crippen LogP contribution in [0.3, 0.4) is 0 Å². The third kappa shape index (κ3) is 1.85. The van der Waals surface area contributed by atoms with Crippen molar-refractivity contribution in [2.75, 3.05) is 0 Å². The Kier molecular flexibility index (Phi) is 2.52. The number of ketones is 1. The summed E-state index contributed by atoms with van der Waals surface area (Å²) in [6.45, 7) is 0. The molecule has 0 unspecified atom stereocenters. The maximum Gasteiger partial charge on any atom is 0.198 e. The molecule has 2 aromatic heterocycles. The van der Waals surface area contributed by atoms with E-state index in [1.54, 1.807) is 42.2 Å². The summed E-state index contributed by atoms with van der Waals surface area (Å²) in [6, 6.07) is 8.80. The van der Waals surface area contributed by atoms with Gasteiger partial charge in [0.15, 0.2) is 11.4 Å². The van der Waals surface area contributed by atoms with Gasteiger partial charge in [0.25, 0.3) is 0 Å². The third-order valence-electron chi connectivity index (χ3n) is 2.92. The standard InChI is InChI=1S/C14H11N3O2/c1-17-8-11-13(19)10(7-15-14(11)16-17)12(18)9-5-3-2-4-6-9/h2-8,19H,1H3. The van der Waals surface area contributed by atoms with Gasteiger partial charge in [0, 0.05) is 25.0 Å². The van der Waals surface area contributed by atoms with Gasteiger partial charge in [-0.15, -0.1) is 0 Å². The summed E-state index contributed by atoms with van der Waals surface area (Å²) in [6.07, 6.45) is 3.00. The van der Waals surface area contributed by atoms with Crippen molar-refractivity contribution in [3.8, 4) is 5.75 Å². The van der Waals surface area contributed by atoms with Crippen molar-refractivity contribution in [2.45, 2.75) is 0 Å². The summed E-state index contributed by atoms with van der Waals surface area (Å²) in [4.78, 5) is 16.4. The lowest BCUT2D eigenvalue weighted by Gasteiger charge is -2.03. The highest BCUT2D eigenvalue weighted by Crippen LogP contribution is 2.27. The zero-order valence-electron chi connectivity index (χ0n) is 10.2. The third-order valence-corrected chi connectivity index (χ3v) is 2.92. The fourth-order valence-corrected chi connectivity index (χ4v) is 1.98. The molecular weight excluding hydrogens is 242 g/mol. The van der Waals surface area contributed by atoms with Crippen LogP contribution in [0.15, 0.2) is 42.7 Å². The molecular formula is C14H11N3O2. The van der Waals surface area contributed by atoms with Crippen LogP contribution in [-0.4, -0.2) is 25.7 Å². The summed E-state index contributed by atoms with van der Waals surface area (Å²) in [5.41, 5.74) is 1.12. The predicted octanol–water partition coefficient (Wildman–Crippen LogP) is 1.90. The Morgan fingerprint density at radius 2 is 2.00 bits per heavy atom. The Morgan fingerprint density at radius 3 is 2.74 bits per heavy atom. The minimum absolute atomic E-state index is 0.0769. The summed E-state index contributed by atoms with van der Waals surface area (Å²) < 4.78 is 1.55. The van der Waals surface area contributed by atoms with Crippen molar-refractivity contribution in [3.05, 3.63) is 53.9 Å². The number of hydrogen-bond acceptors (Lipinski definition) is 4. The molecule has 0 aliphatic rings.